The minimum Gasteiger partial charge on any atom is -0.481 e. The minimum atomic E-state index is -0.714. The summed E-state index contributed by atoms with van der Waals surface area (Å²) in [6.45, 7) is 0.737. The van der Waals surface area contributed by atoms with E-state index in [1.807, 2.05) is 12.1 Å². The predicted molar refractivity (Wildman–Crippen MR) is 82.7 cm³/mol. The van der Waals surface area contributed by atoms with Crippen LogP contribution in [0.15, 0.2) is 24.3 Å². The predicted octanol–water partition coefficient (Wildman–Crippen LogP) is 3.46. The number of carbonyl (C=O) groups is 2. The average Bonchev–Trinajstić information content (AvgIpc) is 2.52. The number of aliphatic carboxylic acids is 1. The van der Waals surface area contributed by atoms with E-state index in [1.165, 1.54) is 0 Å². The van der Waals surface area contributed by atoms with E-state index in [9.17, 15) is 9.59 Å². The van der Waals surface area contributed by atoms with E-state index in [0.717, 1.165) is 18.4 Å². The van der Waals surface area contributed by atoms with Gasteiger partial charge in [-0.05, 0) is 49.3 Å². The molecule has 1 aromatic rings. The fourth-order valence-electron chi connectivity index (χ4n) is 2.62. The number of carbonyl (C=O) groups excluding carboxylic acids is 1. The molecule has 0 saturated heterocycles. The second-order valence-electron chi connectivity index (χ2n) is 5.64. The fourth-order valence-corrected chi connectivity index (χ4v) is 2.75. The van der Waals surface area contributed by atoms with Crippen LogP contribution in [-0.2, 0) is 16.1 Å². The molecular formula is C16H20ClNO4. The summed E-state index contributed by atoms with van der Waals surface area (Å²) in [4.78, 5) is 22.5. The zero-order chi connectivity index (χ0) is 15.9. The second kappa shape index (κ2) is 8.03. The van der Waals surface area contributed by atoms with Crippen molar-refractivity contribution in [1.82, 2.24) is 5.32 Å². The highest BCUT2D eigenvalue weighted by molar-refractivity contribution is 6.30. The number of nitrogens with one attached hydrogen (secondary N) is 1. The van der Waals surface area contributed by atoms with Gasteiger partial charge in [0.15, 0.2) is 0 Å². The molecule has 0 heterocycles. The van der Waals surface area contributed by atoms with Crippen LogP contribution in [0, 0.1) is 11.8 Å². The van der Waals surface area contributed by atoms with Crippen molar-refractivity contribution in [1.29, 1.82) is 0 Å². The third kappa shape index (κ3) is 5.22. The Morgan fingerprint density at radius 1 is 1.18 bits per heavy atom. The number of carboxylic acid groups (broad SMARTS) is 1. The van der Waals surface area contributed by atoms with Gasteiger partial charge in [0.05, 0.1) is 5.92 Å². The Balaban J connectivity index is 1.64. The molecule has 0 aromatic heterocycles. The molecular weight excluding hydrogens is 306 g/mol. The number of amides is 1. The lowest BCUT2D eigenvalue weighted by molar-refractivity contribution is -0.143. The maximum absolute atomic E-state index is 11.6. The smallest absolute Gasteiger partial charge is 0.407 e. The summed E-state index contributed by atoms with van der Waals surface area (Å²) in [5.74, 6) is -0.611. The van der Waals surface area contributed by atoms with Gasteiger partial charge in [0.1, 0.15) is 6.61 Å². The zero-order valence-corrected chi connectivity index (χ0v) is 13.0. The third-order valence-electron chi connectivity index (χ3n) is 4.01. The van der Waals surface area contributed by atoms with Gasteiger partial charge >= 0.3 is 12.1 Å². The Morgan fingerprint density at radius 3 is 2.41 bits per heavy atom. The molecule has 0 atom stereocenters. The summed E-state index contributed by atoms with van der Waals surface area (Å²) < 4.78 is 5.13. The monoisotopic (exact) mass is 325 g/mol. The maximum Gasteiger partial charge on any atom is 0.407 e. The summed E-state index contributed by atoms with van der Waals surface area (Å²) >= 11 is 5.78. The third-order valence-corrected chi connectivity index (χ3v) is 4.27. The highest BCUT2D eigenvalue weighted by atomic mass is 35.5. The van der Waals surface area contributed by atoms with Crippen LogP contribution in [0.2, 0.25) is 5.02 Å². The Labute approximate surface area is 134 Å². The quantitative estimate of drug-likeness (QED) is 0.869. The van der Waals surface area contributed by atoms with Crippen molar-refractivity contribution in [2.75, 3.05) is 6.54 Å². The molecule has 0 aliphatic heterocycles. The van der Waals surface area contributed by atoms with Crippen molar-refractivity contribution in [2.45, 2.75) is 32.3 Å². The van der Waals surface area contributed by atoms with Gasteiger partial charge in [0.25, 0.3) is 0 Å². The number of ether oxygens (including phenoxy) is 1. The van der Waals surface area contributed by atoms with Crippen LogP contribution in [0.1, 0.15) is 31.2 Å². The molecule has 1 fully saturated rings. The molecule has 0 bridgehead atoms. The van der Waals surface area contributed by atoms with Gasteiger partial charge in [-0.1, -0.05) is 23.7 Å². The number of halogens is 1. The fraction of sp³-hybridized carbons (Fsp3) is 0.500. The number of carboxylic acids is 1. The van der Waals surface area contributed by atoms with Crippen LogP contribution in [0.3, 0.4) is 0 Å². The summed E-state index contributed by atoms with van der Waals surface area (Å²) in [5.41, 5.74) is 0.876. The number of benzene rings is 1. The zero-order valence-electron chi connectivity index (χ0n) is 12.3. The topological polar surface area (TPSA) is 75.6 Å². The lowest BCUT2D eigenvalue weighted by atomic mass is 9.82. The van der Waals surface area contributed by atoms with Gasteiger partial charge in [0.2, 0.25) is 0 Å². The lowest BCUT2D eigenvalue weighted by Gasteiger charge is -2.25. The molecule has 0 unspecified atom stereocenters. The summed E-state index contributed by atoms with van der Waals surface area (Å²) in [5, 5.41) is 12.3. The van der Waals surface area contributed by atoms with Crippen LogP contribution in [-0.4, -0.2) is 23.7 Å². The molecule has 1 aliphatic rings. The SMILES string of the molecule is O=C(NCC1CCC(C(=O)O)CC1)OCc1ccc(Cl)cc1. The van der Waals surface area contributed by atoms with Crippen LogP contribution in [0.25, 0.3) is 0 Å². The van der Waals surface area contributed by atoms with Crippen molar-refractivity contribution in [3.63, 3.8) is 0 Å². The van der Waals surface area contributed by atoms with E-state index in [4.69, 9.17) is 21.4 Å². The molecule has 0 spiro atoms. The van der Waals surface area contributed by atoms with Crippen LogP contribution >= 0.6 is 11.6 Å². The molecule has 1 amide bonds. The van der Waals surface area contributed by atoms with Gasteiger partial charge in [-0.15, -0.1) is 0 Å². The first-order chi connectivity index (χ1) is 10.5. The molecule has 22 heavy (non-hydrogen) atoms. The Bertz CT molecular complexity index is 509. The molecule has 2 N–H and O–H groups in total. The summed E-state index contributed by atoms with van der Waals surface area (Å²) in [6, 6.07) is 7.11. The van der Waals surface area contributed by atoms with Crippen LogP contribution < -0.4 is 5.32 Å². The van der Waals surface area contributed by atoms with Crippen molar-refractivity contribution < 1.29 is 19.4 Å². The van der Waals surface area contributed by atoms with E-state index in [-0.39, 0.29) is 12.5 Å². The molecule has 120 valence electrons. The van der Waals surface area contributed by atoms with E-state index in [1.54, 1.807) is 12.1 Å². The first kappa shape index (κ1) is 16.6. The Morgan fingerprint density at radius 2 is 1.82 bits per heavy atom. The van der Waals surface area contributed by atoms with Gasteiger partial charge in [-0.3, -0.25) is 4.79 Å². The average molecular weight is 326 g/mol. The first-order valence-electron chi connectivity index (χ1n) is 7.42. The number of hydrogen-bond acceptors (Lipinski definition) is 3. The van der Waals surface area contributed by atoms with Gasteiger partial charge in [-0.2, -0.15) is 0 Å². The van der Waals surface area contributed by atoms with E-state index in [0.29, 0.717) is 30.3 Å². The minimum absolute atomic E-state index is 0.203. The number of alkyl carbamates (subject to hydrolysis) is 1. The van der Waals surface area contributed by atoms with Crippen molar-refractivity contribution in [3.05, 3.63) is 34.9 Å². The molecule has 5 nitrogen and oxygen atoms in total. The summed E-state index contributed by atoms with van der Waals surface area (Å²) in [6.07, 6.45) is 2.57. The molecule has 1 aromatic carbocycles. The van der Waals surface area contributed by atoms with Crippen LogP contribution in [0.4, 0.5) is 4.79 Å². The normalized spacial score (nSPS) is 21.1. The molecule has 0 radical (unpaired) electrons. The van der Waals surface area contributed by atoms with Crippen molar-refractivity contribution in [2.24, 2.45) is 11.8 Å². The van der Waals surface area contributed by atoms with Crippen LogP contribution in [0.5, 0.6) is 0 Å². The van der Waals surface area contributed by atoms with Crippen molar-refractivity contribution in [3.8, 4) is 0 Å². The Hall–Kier alpha value is -1.75. The highest BCUT2D eigenvalue weighted by Gasteiger charge is 2.26. The maximum atomic E-state index is 11.6. The highest BCUT2D eigenvalue weighted by Crippen LogP contribution is 2.28. The molecule has 1 aliphatic carbocycles. The second-order valence-corrected chi connectivity index (χ2v) is 6.08. The van der Waals surface area contributed by atoms with E-state index < -0.39 is 12.1 Å². The van der Waals surface area contributed by atoms with Gasteiger partial charge < -0.3 is 15.2 Å². The summed E-state index contributed by atoms with van der Waals surface area (Å²) in [7, 11) is 0. The lowest BCUT2D eigenvalue weighted by Crippen LogP contribution is -2.32. The van der Waals surface area contributed by atoms with Crippen molar-refractivity contribution >= 4 is 23.7 Å². The number of hydrogen-bond donors (Lipinski definition) is 2. The standard InChI is InChI=1S/C16H20ClNO4/c17-14-7-3-12(4-8-14)10-22-16(21)18-9-11-1-5-13(6-2-11)15(19)20/h3-4,7-8,11,13H,1-2,5-6,9-10H2,(H,18,21)(H,19,20). The number of rotatable bonds is 5. The molecule has 6 heteroatoms. The van der Waals surface area contributed by atoms with Gasteiger partial charge in [0, 0.05) is 11.6 Å². The van der Waals surface area contributed by atoms with E-state index in [2.05, 4.69) is 5.32 Å². The molecule has 2 rings (SSSR count). The Kier molecular flexibility index (Phi) is 6.07. The van der Waals surface area contributed by atoms with E-state index >= 15 is 0 Å². The first-order valence-corrected chi connectivity index (χ1v) is 7.80. The van der Waals surface area contributed by atoms with Gasteiger partial charge in [-0.25, -0.2) is 4.79 Å². The molecule has 1 saturated carbocycles. The largest absolute Gasteiger partial charge is 0.481 e.